The van der Waals surface area contributed by atoms with Gasteiger partial charge in [0.2, 0.25) is 7.41 Å². The van der Waals surface area contributed by atoms with E-state index in [1.165, 1.54) is 19.2 Å². The molecule has 0 unspecified atom stereocenters. The Balaban J connectivity index is 2.31. The van der Waals surface area contributed by atoms with Crippen LogP contribution in [0.5, 0.6) is 0 Å². The summed E-state index contributed by atoms with van der Waals surface area (Å²) in [5.41, 5.74) is 6.30. The first-order valence-corrected chi connectivity index (χ1v) is 5.04. The Morgan fingerprint density at radius 2 is 2.08 bits per heavy atom. The van der Waals surface area contributed by atoms with Gasteiger partial charge in [-0.15, -0.1) is 0 Å². The van der Waals surface area contributed by atoms with Gasteiger partial charge in [-0.05, 0) is 5.56 Å². The molecule has 13 heavy (non-hydrogen) atoms. The highest BCUT2D eigenvalue weighted by Gasteiger charge is 2.01. The van der Waals surface area contributed by atoms with E-state index in [9.17, 15) is 4.79 Å². The van der Waals surface area contributed by atoms with E-state index in [-0.39, 0.29) is 5.12 Å². The first-order chi connectivity index (χ1) is 6.33. The van der Waals surface area contributed by atoms with Crippen molar-refractivity contribution in [1.29, 1.82) is 0 Å². The van der Waals surface area contributed by atoms with Crippen LogP contribution in [0.2, 0.25) is 6.32 Å². The summed E-state index contributed by atoms with van der Waals surface area (Å²) in [5, 5.41) is 0.117. The summed E-state index contributed by atoms with van der Waals surface area (Å²) in [5.74, 6) is 0.730. The highest BCUT2D eigenvalue weighted by molar-refractivity contribution is 8.13. The van der Waals surface area contributed by atoms with E-state index < -0.39 is 0 Å². The molecule has 1 rings (SSSR count). The fourth-order valence-corrected chi connectivity index (χ4v) is 1.63. The number of rotatable bonds is 4. The van der Waals surface area contributed by atoms with Gasteiger partial charge in [-0.2, -0.15) is 0 Å². The first-order valence-electron chi connectivity index (χ1n) is 4.06. The molecular weight excluding hydrogens is 181 g/mol. The predicted molar refractivity (Wildman–Crippen MR) is 57.5 cm³/mol. The van der Waals surface area contributed by atoms with Crippen LogP contribution in [-0.4, -0.2) is 12.5 Å². The van der Waals surface area contributed by atoms with E-state index in [1.807, 2.05) is 30.3 Å². The molecule has 1 aromatic rings. The minimum absolute atomic E-state index is 0.117. The van der Waals surface area contributed by atoms with Crippen molar-refractivity contribution in [3.63, 3.8) is 0 Å². The van der Waals surface area contributed by atoms with Gasteiger partial charge >= 0.3 is 0 Å². The molecule has 0 saturated heterocycles. The predicted octanol–water partition coefficient (Wildman–Crippen LogP) is 1.44. The Morgan fingerprint density at radius 3 is 2.69 bits per heavy atom. The average Bonchev–Trinajstić information content (AvgIpc) is 2.17. The Bertz CT molecular complexity index is 266. The molecule has 0 aromatic heterocycles. The average molecular weight is 192 g/mol. The van der Waals surface area contributed by atoms with Crippen molar-refractivity contribution in [2.45, 2.75) is 12.1 Å². The summed E-state index contributed by atoms with van der Waals surface area (Å²) in [7, 11) is 1.39. The van der Waals surface area contributed by atoms with Gasteiger partial charge in [-0.3, -0.25) is 4.79 Å². The van der Waals surface area contributed by atoms with Gasteiger partial charge in [0.25, 0.3) is 0 Å². The zero-order valence-electron chi connectivity index (χ0n) is 7.27. The van der Waals surface area contributed by atoms with E-state index in [4.69, 9.17) is 5.64 Å². The second-order valence-corrected chi connectivity index (χ2v) is 3.62. The molecule has 0 fully saturated rings. The maximum absolute atomic E-state index is 11.1. The lowest BCUT2D eigenvalue weighted by Gasteiger charge is -1.98. The van der Waals surface area contributed by atoms with Crippen LogP contribution in [0.1, 0.15) is 5.56 Å². The van der Waals surface area contributed by atoms with Gasteiger partial charge < -0.3 is 5.64 Å². The Morgan fingerprint density at radius 1 is 1.38 bits per heavy atom. The van der Waals surface area contributed by atoms with Crippen LogP contribution in [0, 0.1) is 0 Å². The summed E-state index contributed by atoms with van der Waals surface area (Å²) < 4.78 is 0. The molecule has 0 aliphatic carbocycles. The van der Waals surface area contributed by atoms with E-state index in [0.29, 0.717) is 6.32 Å². The van der Waals surface area contributed by atoms with E-state index in [1.54, 1.807) is 0 Å². The number of carbonyl (C=O) groups is 1. The Labute approximate surface area is 83.2 Å². The van der Waals surface area contributed by atoms with Crippen molar-refractivity contribution in [1.82, 2.24) is 0 Å². The molecule has 0 heterocycles. The number of thioether (sulfide) groups is 1. The molecule has 67 valence electrons. The normalized spacial score (nSPS) is 9.62. The summed E-state index contributed by atoms with van der Waals surface area (Å²) in [6.45, 7) is 0. The van der Waals surface area contributed by atoms with Crippen molar-refractivity contribution >= 4 is 24.3 Å². The minimum Gasteiger partial charge on any atom is -0.374 e. The second kappa shape index (κ2) is 5.83. The molecule has 0 atom stereocenters. The molecule has 0 bridgehead atoms. The quantitative estimate of drug-likeness (QED) is 0.734. The minimum atomic E-state index is 0.117. The molecule has 1 aromatic carbocycles. The number of hydrogen-bond donors (Lipinski definition) is 1. The smallest absolute Gasteiger partial charge is 0.211 e. The van der Waals surface area contributed by atoms with Gasteiger partial charge in [-0.1, -0.05) is 42.1 Å². The summed E-state index contributed by atoms with van der Waals surface area (Å²) in [4.78, 5) is 11.1. The van der Waals surface area contributed by atoms with Gasteiger partial charge in [0, 0.05) is 12.1 Å². The second-order valence-electron chi connectivity index (χ2n) is 2.59. The van der Waals surface area contributed by atoms with Crippen molar-refractivity contribution in [3.8, 4) is 0 Å². The molecule has 2 N–H and O–H groups in total. The third-order valence-electron chi connectivity index (χ3n) is 1.53. The van der Waals surface area contributed by atoms with E-state index in [0.717, 1.165) is 11.3 Å². The molecular formula is C9H11BNOS. The lowest BCUT2D eigenvalue weighted by Crippen LogP contribution is -2.08. The fourth-order valence-electron chi connectivity index (χ4n) is 0.893. The lowest BCUT2D eigenvalue weighted by molar-refractivity contribution is -0.109. The zero-order valence-corrected chi connectivity index (χ0v) is 8.09. The third-order valence-corrected chi connectivity index (χ3v) is 2.49. The number of nitrogens with two attached hydrogens (primary N) is 1. The van der Waals surface area contributed by atoms with Gasteiger partial charge in [0.15, 0.2) is 5.12 Å². The van der Waals surface area contributed by atoms with E-state index in [2.05, 4.69) is 0 Å². The van der Waals surface area contributed by atoms with Crippen LogP contribution in [0.15, 0.2) is 30.3 Å². The molecule has 1 radical (unpaired) electrons. The molecule has 4 heteroatoms. The number of carbonyl (C=O) groups excluding carboxylic acids is 1. The third kappa shape index (κ3) is 4.15. The van der Waals surface area contributed by atoms with Crippen LogP contribution in [0.4, 0.5) is 0 Å². The van der Waals surface area contributed by atoms with Crippen molar-refractivity contribution in [2.75, 3.05) is 0 Å². The summed E-state index contributed by atoms with van der Waals surface area (Å²) in [6.07, 6.45) is 0.345. The van der Waals surface area contributed by atoms with E-state index >= 15 is 0 Å². The largest absolute Gasteiger partial charge is 0.374 e. The van der Waals surface area contributed by atoms with Crippen LogP contribution in [-0.2, 0) is 10.5 Å². The van der Waals surface area contributed by atoms with Crippen LogP contribution in [0.25, 0.3) is 0 Å². The highest BCUT2D eigenvalue weighted by Crippen LogP contribution is 2.13. The van der Waals surface area contributed by atoms with Crippen LogP contribution < -0.4 is 5.64 Å². The molecule has 0 saturated carbocycles. The molecule has 2 nitrogen and oxygen atoms in total. The standard InChI is InChI=1S/C9H11BNOS/c11-10-6-9(12)13-7-8-4-2-1-3-5-8/h1-5H,6-7,11H2. The topological polar surface area (TPSA) is 43.1 Å². The maximum atomic E-state index is 11.1. The molecule has 0 spiro atoms. The molecule has 0 amide bonds. The SMILES string of the molecule is N[B]CC(=O)SCc1ccccc1. The monoisotopic (exact) mass is 192 g/mol. The van der Waals surface area contributed by atoms with Crippen molar-refractivity contribution < 1.29 is 4.79 Å². The van der Waals surface area contributed by atoms with Crippen LogP contribution >= 0.6 is 11.8 Å². The van der Waals surface area contributed by atoms with Gasteiger partial charge in [0.1, 0.15) is 0 Å². The zero-order chi connectivity index (χ0) is 9.52. The van der Waals surface area contributed by atoms with Crippen LogP contribution in [0.3, 0.4) is 0 Å². The molecule has 0 aliphatic heterocycles. The summed E-state index contributed by atoms with van der Waals surface area (Å²) >= 11 is 1.30. The van der Waals surface area contributed by atoms with Gasteiger partial charge in [-0.25, -0.2) is 0 Å². The number of benzene rings is 1. The van der Waals surface area contributed by atoms with Gasteiger partial charge in [0.05, 0.1) is 0 Å². The Kier molecular flexibility index (Phi) is 4.64. The highest BCUT2D eigenvalue weighted by atomic mass is 32.2. The molecule has 0 aliphatic rings. The van der Waals surface area contributed by atoms with Crippen molar-refractivity contribution in [2.24, 2.45) is 5.64 Å². The summed E-state index contributed by atoms with van der Waals surface area (Å²) in [6, 6.07) is 9.91. The van der Waals surface area contributed by atoms with Crippen molar-refractivity contribution in [3.05, 3.63) is 35.9 Å². The number of hydrogen-bond acceptors (Lipinski definition) is 3. The fraction of sp³-hybridized carbons (Fsp3) is 0.222. The first kappa shape index (κ1) is 10.3. The Hall–Kier alpha value is -0.735. The maximum Gasteiger partial charge on any atom is 0.211 e. The lowest BCUT2D eigenvalue weighted by atomic mass is 9.93.